The minimum atomic E-state index is -0.891. The van der Waals surface area contributed by atoms with Crippen LogP contribution < -0.4 is 0 Å². The predicted octanol–water partition coefficient (Wildman–Crippen LogP) is 2.90. The topological polar surface area (TPSA) is 52.6 Å². The lowest BCUT2D eigenvalue weighted by atomic mass is 10.00. The average Bonchev–Trinajstić information content (AvgIpc) is 2.19. The van der Waals surface area contributed by atoms with Crippen molar-refractivity contribution >= 4 is 12.1 Å². The Morgan fingerprint density at radius 2 is 1.87 bits per heavy atom. The van der Waals surface area contributed by atoms with Crippen LogP contribution in [0.3, 0.4) is 0 Å². The van der Waals surface area contributed by atoms with Gasteiger partial charge in [0.15, 0.2) is 0 Å². The molecule has 0 aromatic carbocycles. The number of carbonyl (C=O) groups excluding carboxylic acids is 2. The highest BCUT2D eigenvalue weighted by atomic mass is 16.7. The quantitative estimate of drug-likeness (QED) is 0.506. The molecule has 0 fully saturated rings. The lowest BCUT2D eigenvalue weighted by Crippen LogP contribution is -2.21. The molecule has 0 aliphatic carbocycles. The van der Waals surface area contributed by atoms with Crippen molar-refractivity contribution < 1.29 is 19.1 Å². The van der Waals surface area contributed by atoms with Gasteiger partial charge in [0.25, 0.3) is 0 Å². The third-order valence-electron chi connectivity index (χ3n) is 2.18. The Balaban J connectivity index is 3.97. The summed E-state index contributed by atoms with van der Waals surface area (Å²) in [6.45, 7) is 5.86. The summed E-state index contributed by atoms with van der Waals surface area (Å²) < 4.78 is 9.07. The van der Waals surface area contributed by atoms with Crippen LogP contribution in [0, 0.1) is 5.92 Å². The fourth-order valence-corrected chi connectivity index (χ4v) is 1.25. The highest BCUT2D eigenvalue weighted by molar-refractivity contribution is 5.83. The molecule has 0 rings (SSSR count). The maximum atomic E-state index is 11.4. The van der Waals surface area contributed by atoms with Gasteiger partial charge in [0, 0.05) is 0 Å². The number of esters is 1. The molecule has 0 aliphatic rings. The second-order valence-electron chi connectivity index (χ2n) is 3.35. The summed E-state index contributed by atoms with van der Waals surface area (Å²) in [5.41, 5.74) is 0. The third kappa shape index (κ3) is 6.10. The van der Waals surface area contributed by atoms with Gasteiger partial charge in [-0.05, 0) is 19.8 Å². The van der Waals surface area contributed by atoms with Crippen molar-refractivity contribution in [2.45, 2.75) is 46.5 Å². The van der Waals surface area contributed by atoms with Crippen LogP contribution in [0.15, 0.2) is 0 Å². The van der Waals surface area contributed by atoms with E-state index < -0.39 is 12.1 Å². The molecule has 0 amide bonds. The second kappa shape index (κ2) is 8.26. The first-order valence-corrected chi connectivity index (χ1v) is 5.54. The van der Waals surface area contributed by atoms with E-state index in [1.165, 1.54) is 0 Å². The van der Waals surface area contributed by atoms with Gasteiger partial charge in [-0.2, -0.15) is 0 Å². The van der Waals surface area contributed by atoms with Crippen LogP contribution in [0.2, 0.25) is 0 Å². The van der Waals surface area contributed by atoms with Crippen molar-refractivity contribution in [3.8, 4) is 0 Å². The Bertz CT molecular complexity index is 201. The lowest BCUT2D eigenvalue weighted by molar-refractivity contribution is -0.144. The SMILES string of the molecule is CCCCC(CC)C(=O)OC(=O)OCC. The molecular formula is C11H20O4. The summed E-state index contributed by atoms with van der Waals surface area (Å²) in [5, 5.41) is 0. The minimum absolute atomic E-state index is 0.186. The van der Waals surface area contributed by atoms with E-state index in [1.54, 1.807) is 6.92 Å². The van der Waals surface area contributed by atoms with Crippen molar-refractivity contribution in [1.29, 1.82) is 0 Å². The first kappa shape index (κ1) is 13.9. The number of hydrogen-bond donors (Lipinski definition) is 0. The molecule has 0 bridgehead atoms. The number of rotatable bonds is 6. The lowest BCUT2D eigenvalue weighted by Gasteiger charge is -2.11. The van der Waals surface area contributed by atoms with Gasteiger partial charge in [0.1, 0.15) is 0 Å². The molecule has 0 radical (unpaired) electrons. The Labute approximate surface area is 90.9 Å². The molecule has 0 saturated carbocycles. The molecule has 0 N–H and O–H groups in total. The van der Waals surface area contributed by atoms with Crippen LogP contribution in [0.25, 0.3) is 0 Å². The van der Waals surface area contributed by atoms with E-state index in [2.05, 4.69) is 16.4 Å². The van der Waals surface area contributed by atoms with E-state index in [1.807, 2.05) is 6.92 Å². The summed E-state index contributed by atoms with van der Waals surface area (Å²) in [5.74, 6) is -0.654. The Morgan fingerprint density at radius 3 is 2.33 bits per heavy atom. The number of carbonyl (C=O) groups is 2. The van der Waals surface area contributed by atoms with E-state index in [0.29, 0.717) is 6.42 Å². The van der Waals surface area contributed by atoms with E-state index >= 15 is 0 Å². The maximum Gasteiger partial charge on any atom is 0.516 e. The van der Waals surface area contributed by atoms with Crippen LogP contribution in [-0.2, 0) is 14.3 Å². The molecule has 0 aromatic rings. The fraction of sp³-hybridized carbons (Fsp3) is 0.818. The first-order valence-electron chi connectivity index (χ1n) is 5.54. The zero-order valence-corrected chi connectivity index (χ0v) is 9.75. The Hall–Kier alpha value is -1.06. The summed E-state index contributed by atoms with van der Waals surface area (Å²) in [7, 11) is 0. The van der Waals surface area contributed by atoms with Crippen molar-refractivity contribution in [3.05, 3.63) is 0 Å². The van der Waals surface area contributed by atoms with Gasteiger partial charge in [-0.1, -0.05) is 26.7 Å². The zero-order chi connectivity index (χ0) is 11.7. The van der Waals surface area contributed by atoms with Gasteiger partial charge in [-0.15, -0.1) is 0 Å². The van der Waals surface area contributed by atoms with Crippen molar-refractivity contribution in [1.82, 2.24) is 0 Å². The highest BCUT2D eigenvalue weighted by Gasteiger charge is 2.20. The summed E-state index contributed by atoms with van der Waals surface area (Å²) in [4.78, 5) is 22.3. The molecule has 4 nitrogen and oxygen atoms in total. The standard InChI is InChI=1S/C11H20O4/c1-4-7-8-9(5-2)10(12)15-11(13)14-6-3/h9H,4-8H2,1-3H3. The van der Waals surface area contributed by atoms with Crippen LogP contribution >= 0.6 is 0 Å². The largest absolute Gasteiger partial charge is 0.516 e. The number of hydrogen-bond acceptors (Lipinski definition) is 4. The average molecular weight is 216 g/mol. The maximum absolute atomic E-state index is 11.4. The first-order chi connectivity index (χ1) is 7.15. The van der Waals surface area contributed by atoms with Crippen LogP contribution in [0.4, 0.5) is 4.79 Å². The molecule has 0 spiro atoms. The van der Waals surface area contributed by atoms with Gasteiger partial charge in [0.2, 0.25) is 0 Å². The number of ether oxygens (including phenoxy) is 2. The summed E-state index contributed by atoms with van der Waals surface area (Å²) in [6.07, 6.45) is 2.57. The predicted molar refractivity (Wildman–Crippen MR) is 56.4 cm³/mol. The van der Waals surface area contributed by atoms with Gasteiger partial charge >= 0.3 is 12.1 Å². The molecule has 0 heterocycles. The molecule has 1 unspecified atom stereocenters. The van der Waals surface area contributed by atoms with Gasteiger partial charge in [-0.25, -0.2) is 4.79 Å². The van der Waals surface area contributed by atoms with Gasteiger partial charge in [0.05, 0.1) is 12.5 Å². The molecule has 1 atom stereocenters. The molecular weight excluding hydrogens is 196 g/mol. The summed E-state index contributed by atoms with van der Waals surface area (Å²) in [6, 6.07) is 0. The van der Waals surface area contributed by atoms with Crippen molar-refractivity contribution in [3.63, 3.8) is 0 Å². The highest BCUT2D eigenvalue weighted by Crippen LogP contribution is 2.14. The fourth-order valence-electron chi connectivity index (χ4n) is 1.25. The minimum Gasteiger partial charge on any atom is -0.434 e. The van der Waals surface area contributed by atoms with E-state index in [0.717, 1.165) is 19.3 Å². The van der Waals surface area contributed by atoms with Crippen LogP contribution in [0.1, 0.15) is 46.5 Å². The van der Waals surface area contributed by atoms with Gasteiger partial charge < -0.3 is 9.47 Å². The van der Waals surface area contributed by atoms with Crippen molar-refractivity contribution in [2.24, 2.45) is 5.92 Å². The second-order valence-corrected chi connectivity index (χ2v) is 3.35. The van der Waals surface area contributed by atoms with Crippen LogP contribution in [-0.4, -0.2) is 18.7 Å². The molecule has 0 aliphatic heterocycles. The van der Waals surface area contributed by atoms with E-state index in [-0.39, 0.29) is 12.5 Å². The summed E-state index contributed by atoms with van der Waals surface area (Å²) >= 11 is 0. The Morgan fingerprint density at radius 1 is 1.20 bits per heavy atom. The molecule has 4 heteroatoms. The van der Waals surface area contributed by atoms with Crippen LogP contribution in [0.5, 0.6) is 0 Å². The third-order valence-corrected chi connectivity index (χ3v) is 2.18. The van der Waals surface area contributed by atoms with Gasteiger partial charge in [-0.3, -0.25) is 4.79 Å². The van der Waals surface area contributed by atoms with E-state index in [9.17, 15) is 9.59 Å². The Kier molecular flexibility index (Phi) is 7.68. The smallest absolute Gasteiger partial charge is 0.434 e. The van der Waals surface area contributed by atoms with E-state index in [4.69, 9.17) is 0 Å². The normalized spacial score (nSPS) is 11.9. The molecule has 0 saturated heterocycles. The molecule has 88 valence electrons. The molecule has 0 aromatic heterocycles. The monoisotopic (exact) mass is 216 g/mol. The number of unbranched alkanes of at least 4 members (excludes halogenated alkanes) is 1. The zero-order valence-electron chi connectivity index (χ0n) is 9.75. The van der Waals surface area contributed by atoms with Crippen molar-refractivity contribution in [2.75, 3.05) is 6.61 Å². The molecule has 15 heavy (non-hydrogen) atoms.